The number of amides is 1. The van der Waals surface area contributed by atoms with E-state index < -0.39 is 36.4 Å². The first-order valence-corrected chi connectivity index (χ1v) is 14.8. The molecule has 0 aliphatic carbocycles. The van der Waals surface area contributed by atoms with Crippen molar-refractivity contribution in [3.63, 3.8) is 0 Å². The van der Waals surface area contributed by atoms with Gasteiger partial charge < -0.3 is 20.5 Å². The number of nitrogens with zero attached hydrogens (tertiary/aromatic N) is 2. The number of benzene rings is 1. The number of para-hydroxylation sites is 1. The molecular formula is C31H43F3N4O4. The fourth-order valence-corrected chi connectivity index (χ4v) is 5.07. The van der Waals surface area contributed by atoms with Gasteiger partial charge in [-0.15, -0.1) is 0 Å². The molecule has 42 heavy (non-hydrogen) atoms. The molecule has 1 aliphatic heterocycles. The quantitative estimate of drug-likeness (QED) is 0.197. The number of carbonyl (C=O) groups is 2. The molecule has 1 aromatic heterocycles. The minimum Gasteiger partial charge on any atom is -0.492 e. The Kier molecular flexibility index (Phi) is 13.4. The molecular weight excluding hydrogens is 549 g/mol. The number of alkyl halides is 3. The van der Waals surface area contributed by atoms with Gasteiger partial charge in [-0.2, -0.15) is 13.2 Å². The molecule has 0 bridgehead atoms. The van der Waals surface area contributed by atoms with Gasteiger partial charge in [0.25, 0.3) is 0 Å². The van der Waals surface area contributed by atoms with Crippen molar-refractivity contribution in [2.75, 3.05) is 38.1 Å². The number of fused-ring (bicyclic) bond motifs is 1. The highest BCUT2D eigenvalue weighted by atomic mass is 19.4. The molecule has 1 amide bonds. The minimum absolute atomic E-state index is 0.126. The Morgan fingerprint density at radius 2 is 1.90 bits per heavy atom. The van der Waals surface area contributed by atoms with Crippen molar-refractivity contribution < 1.29 is 32.6 Å². The van der Waals surface area contributed by atoms with Gasteiger partial charge in [0, 0.05) is 38.2 Å². The summed E-state index contributed by atoms with van der Waals surface area (Å²) in [5.41, 5.74) is 2.28. The number of halogens is 3. The lowest BCUT2D eigenvalue weighted by Crippen LogP contribution is -2.44. The zero-order valence-electron chi connectivity index (χ0n) is 24.3. The molecule has 0 saturated carbocycles. The van der Waals surface area contributed by atoms with E-state index in [0.29, 0.717) is 26.2 Å². The number of ether oxygens (including phenoxy) is 1. The van der Waals surface area contributed by atoms with E-state index in [-0.39, 0.29) is 19.3 Å². The smallest absolute Gasteiger partial charge is 0.389 e. The molecule has 2 unspecified atom stereocenters. The van der Waals surface area contributed by atoms with Crippen LogP contribution in [0.4, 0.5) is 19.0 Å². The van der Waals surface area contributed by atoms with Crippen LogP contribution in [0.5, 0.6) is 5.75 Å². The van der Waals surface area contributed by atoms with E-state index in [9.17, 15) is 27.9 Å². The summed E-state index contributed by atoms with van der Waals surface area (Å²) in [4.78, 5) is 31.2. The predicted molar refractivity (Wildman–Crippen MR) is 156 cm³/mol. The van der Waals surface area contributed by atoms with Crippen molar-refractivity contribution in [1.29, 1.82) is 0 Å². The van der Waals surface area contributed by atoms with Crippen LogP contribution in [-0.4, -0.2) is 71.9 Å². The molecule has 0 fully saturated rings. The zero-order valence-corrected chi connectivity index (χ0v) is 24.3. The Labute approximate surface area is 246 Å². The summed E-state index contributed by atoms with van der Waals surface area (Å²) in [6.45, 7) is 4.57. The van der Waals surface area contributed by atoms with Crippen molar-refractivity contribution in [2.24, 2.45) is 5.92 Å². The number of hydrogen-bond acceptors (Lipinski definition) is 6. The minimum atomic E-state index is -4.37. The molecule has 0 spiro atoms. The SMILES string of the molecule is CCC(CC(=O)NC(CCN(CCCCc1ccc2c(n1)NCCC2)CCOc1ccccc1)C(=O)O)CC(F)(F)F. The monoisotopic (exact) mass is 592 g/mol. The van der Waals surface area contributed by atoms with E-state index in [2.05, 4.69) is 27.7 Å². The van der Waals surface area contributed by atoms with Gasteiger partial charge in [0.1, 0.15) is 24.2 Å². The number of anilines is 1. The van der Waals surface area contributed by atoms with Gasteiger partial charge in [-0.1, -0.05) is 37.6 Å². The van der Waals surface area contributed by atoms with Gasteiger partial charge in [-0.25, -0.2) is 9.78 Å². The van der Waals surface area contributed by atoms with Gasteiger partial charge in [-0.3, -0.25) is 9.69 Å². The molecule has 0 radical (unpaired) electrons. The second-order valence-electron chi connectivity index (χ2n) is 10.8. The lowest BCUT2D eigenvalue weighted by molar-refractivity contribution is -0.148. The van der Waals surface area contributed by atoms with Crippen LogP contribution < -0.4 is 15.4 Å². The number of pyridine rings is 1. The Bertz CT molecular complexity index is 1120. The number of carboxylic acid groups (broad SMARTS) is 1. The van der Waals surface area contributed by atoms with E-state index in [1.54, 1.807) is 6.92 Å². The summed E-state index contributed by atoms with van der Waals surface area (Å²) in [6.07, 6.45) is -0.757. The Balaban J connectivity index is 1.52. The Morgan fingerprint density at radius 3 is 2.62 bits per heavy atom. The maximum absolute atomic E-state index is 12.8. The molecule has 1 aliphatic rings. The van der Waals surface area contributed by atoms with E-state index in [0.717, 1.165) is 55.9 Å². The fraction of sp³-hybridized carbons (Fsp3) is 0.581. The number of rotatable bonds is 18. The first-order valence-electron chi connectivity index (χ1n) is 14.8. The average Bonchev–Trinajstić information content (AvgIpc) is 2.96. The number of aromatic nitrogens is 1. The lowest BCUT2D eigenvalue weighted by atomic mass is 9.97. The number of nitrogens with one attached hydrogen (secondary N) is 2. The summed E-state index contributed by atoms with van der Waals surface area (Å²) >= 11 is 0. The molecule has 232 valence electrons. The molecule has 8 nitrogen and oxygen atoms in total. The number of aliphatic carboxylic acids is 1. The van der Waals surface area contributed by atoms with E-state index in [1.807, 2.05) is 30.3 Å². The third kappa shape index (κ3) is 12.3. The number of hydrogen-bond donors (Lipinski definition) is 3. The molecule has 3 rings (SSSR count). The van der Waals surface area contributed by atoms with Crippen molar-refractivity contribution in [2.45, 2.75) is 76.9 Å². The number of carboxylic acids is 1. The zero-order chi connectivity index (χ0) is 30.4. The molecule has 2 heterocycles. The first kappa shape index (κ1) is 33.2. The lowest BCUT2D eigenvalue weighted by Gasteiger charge is -2.25. The van der Waals surface area contributed by atoms with E-state index in [4.69, 9.17) is 9.72 Å². The van der Waals surface area contributed by atoms with Crippen molar-refractivity contribution >= 4 is 17.7 Å². The number of unbranched alkanes of at least 4 members (excludes halogenated alkanes) is 1. The highest BCUT2D eigenvalue weighted by Crippen LogP contribution is 2.28. The Hall–Kier alpha value is -3.34. The molecule has 3 N–H and O–H groups in total. The summed E-state index contributed by atoms with van der Waals surface area (Å²) in [6, 6.07) is 12.4. The largest absolute Gasteiger partial charge is 0.492 e. The third-order valence-electron chi connectivity index (χ3n) is 7.47. The first-order chi connectivity index (χ1) is 20.1. The molecule has 11 heteroatoms. The predicted octanol–water partition coefficient (Wildman–Crippen LogP) is 5.47. The van der Waals surface area contributed by atoms with E-state index in [1.165, 1.54) is 5.56 Å². The van der Waals surface area contributed by atoms with Crippen molar-refractivity contribution in [3.05, 3.63) is 53.7 Å². The van der Waals surface area contributed by atoms with Gasteiger partial charge in [0.15, 0.2) is 0 Å². The van der Waals surface area contributed by atoms with Gasteiger partial charge in [0.2, 0.25) is 5.91 Å². The molecule has 2 aromatic rings. The van der Waals surface area contributed by atoms with Crippen LogP contribution in [0, 0.1) is 5.92 Å². The fourth-order valence-electron chi connectivity index (χ4n) is 5.07. The topological polar surface area (TPSA) is 104 Å². The standard InChI is InChI=1S/C31H43F3N4O4/c1-2-23(22-31(32,33)34)21-28(39)37-27(30(40)41)15-18-38(19-20-42-26-11-4-3-5-12-26)17-7-6-10-25-14-13-24-9-8-16-35-29(24)36-25/h3-5,11-14,23,27H,2,6-10,15-22H2,1H3,(H,35,36)(H,37,39)(H,40,41). The van der Waals surface area contributed by atoms with Crippen LogP contribution in [0.25, 0.3) is 0 Å². The molecule has 2 atom stereocenters. The highest BCUT2D eigenvalue weighted by Gasteiger charge is 2.32. The maximum atomic E-state index is 12.8. The summed E-state index contributed by atoms with van der Waals surface area (Å²) in [5.74, 6) is -1.05. The van der Waals surface area contributed by atoms with Crippen LogP contribution in [0.3, 0.4) is 0 Å². The van der Waals surface area contributed by atoms with Crippen LogP contribution in [0.1, 0.15) is 63.1 Å². The maximum Gasteiger partial charge on any atom is 0.389 e. The highest BCUT2D eigenvalue weighted by molar-refractivity contribution is 5.83. The third-order valence-corrected chi connectivity index (χ3v) is 7.47. The van der Waals surface area contributed by atoms with Crippen LogP contribution >= 0.6 is 0 Å². The molecule has 1 aromatic carbocycles. The molecule has 0 saturated heterocycles. The number of carbonyl (C=O) groups excluding carboxylic acids is 1. The average molecular weight is 593 g/mol. The second kappa shape index (κ2) is 16.9. The van der Waals surface area contributed by atoms with Crippen LogP contribution in [-0.2, 0) is 22.4 Å². The van der Waals surface area contributed by atoms with Gasteiger partial charge in [-0.05, 0) is 74.8 Å². The van der Waals surface area contributed by atoms with Gasteiger partial charge in [0.05, 0.1) is 0 Å². The number of aryl methyl sites for hydroxylation is 2. The van der Waals surface area contributed by atoms with Crippen LogP contribution in [0.2, 0.25) is 0 Å². The van der Waals surface area contributed by atoms with Crippen molar-refractivity contribution in [3.8, 4) is 5.75 Å². The summed E-state index contributed by atoms with van der Waals surface area (Å²) in [5, 5.41) is 15.5. The Morgan fingerprint density at radius 1 is 1.12 bits per heavy atom. The van der Waals surface area contributed by atoms with Gasteiger partial charge >= 0.3 is 12.1 Å². The van der Waals surface area contributed by atoms with E-state index >= 15 is 0 Å². The summed E-state index contributed by atoms with van der Waals surface area (Å²) in [7, 11) is 0. The normalized spacial score (nSPS) is 14.5. The second-order valence-corrected chi connectivity index (χ2v) is 10.8. The van der Waals surface area contributed by atoms with Crippen molar-refractivity contribution in [1.82, 2.24) is 15.2 Å². The van der Waals surface area contributed by atoms with Crippen LogP contribution in [0.15, 0.2) is 42.5 Å². The summed E-state index contributed by atoms with van der Waals surface area (Å²) < 4.78 is 44.2.